The molecular weight excluding hydrogens is 397 g/mol. The highest BCUT2D eigenvalue weighted by atomic mass is 35.5. The standard InChI is InChI=1S/C17H13ClFN3O6/c18-10-5-6-14(22(26)27)13(7-10)21-15(23)9-28-16(24)8-20-17(25)11-3-1-2-4-12(11)19/h1-7H,8-9H2,(H,20,25)(H,21,23). The average Bonchev–Trinajstić information content (AvgIpc) is 2.64. The van der Waals surface area contributed by atoms with Crippen LogP contribution in [-0.4, -0.2) is 35.9 Å². The summed E-state index contributed by atoms with van der Waals surface area (Å²) in [5.41, 5.74) is -0.797. The molecule has 0 fully saturated rings. The summed E-state index contributed by atoms with van der Waals surface area (Å²) in [5.74, 6) is -3.38. The smallest absolute Gasteiger partial charge is 0.325 e. The predicted molar refractivity (Wildman–Crippen MR) is 96.4 cm³/mol. The van der Waals surface area contributed by atoms with Crippen molar-refractivity contribution in [3.05, 3.63) is 69.0 Å². The Bertz CT molecular complexity index is 937. The number of benzene rings is 2. The molecule has 11 heteroatoms. The second kappa shape index (κ2) is 9.42. The molecule has 0 unspecified atom stereocenters. The Labute approximate surface area is 162 Å². The molecule has 2 rings (SSSR count). The lowest BCUT2D eigenvalue weighted by molar-refractivity contribution is -0.383. The second-order valence-corrected chi connectivity index (χ2v) is 5.73. The SMILES string of the molecule is O=C(COC(=O)CNC(=O)c1ccccc1F)Nc1cc(Cl)ccc1[N+](=O)[O-]. The van der Waals surface area contributed by atoms with Crippen LogP contribution in [0.3, 0.4) is 0 Å². The van der Waals surface area contributed by atoms with Gasteiger partial charge < -0.3 is 15.4 Å². The number of ether oxygens (including phenoxy) is 1. The predicted octanol–water partition coefficient (Wildman–Crippen LogP) is 2.30. The largest absolute Gasteiger partial charge is 0.454 e. The number of carbonyl (C=O) groups excluding carboxylic acids is 3. The second-order valence-electron chi connectivity index (χ2n) is 5.29. The van der Waals surface area contributed by atoms with Gasteiger partial charge in [-0.3, -0.25) is 24.5 Å². The minimum atomic E-state index is -0.958. The highest BCUT2D eigenvalue weighted by Crippen LogP contribution is 2.27. The molecule has 2 aromatic carbocycles. The van der Waals surface area contributed by atoms with E-state index in [-0.39, 0.29) is 22.0 Å². The molecule has 0 heterocycles. The summed E-state index contributed by atoms with van der Waals surface area (Å²) in [4.78, 5) is 45.4. The summed E-state index contributed by atoms with van der Waals surface area (Å²) in [5, 5.41) is 15.4. The number of nitrogens with zero attached hydrogens (tertiary/aromatic N) is 1. The van der Waals surface area contributed by atoms with Crippen molar-refractivity contribution in [1.29, 1.82) is 0 Å². The van der Waals surface area contributed by atoms with E-state index in [1.165, 1.54) is 30.3 Å². The molecule has 0 bridgehead atoms. The Kier molecular flexibility index (Phi) is 6.99. The van der Waals surface area contributed by atoms with Gasteiger partial charge in [-0.05, 0) is 24.3 Å². The number of nitrogens with one attached hydrogen (secondary N) is 2. The number of nitro groups is 1. The number of carbonyl (C=O) groups is 3. The molecule has 2 amide bonds. The van der Waals surface area contributed by atoms with Crippen LogP contribution in [0.15, 0.2) is 42.5 Å². The lowest BCUT2D eigenvalue weighted by Crippen LogP contribution is -2.32. The third-order valence-corrected chi connectivity index (χ3v) is 3.54. The summed E-state index contributed by atoms with van der Waals surface area (Å²) in [6, 6.07) is 8.76. The maximum absolute atomic E-state index is 13.5. The lowest BCUT2D eigenvalue weighted by Gasteiger charge is -2.08. The number of amides is 2. The van der Waals surface area contributed by atoms with Crippen molar-refractivity contribution < 1.29 is 28.4 Å². The molecule has 0 saturated carbocycles. The molecule has 0 atom stereocenters. The first kappa shape index (κ1) is 20.8. The van der Waals surface area contributed by atoms with E-state index in [9.17, 15) is 28.9 Å². The van der Waals surface area contributed by atoms with Crippen molar-refractivity contribution in [2.45, 2.75) is 0 Å². The molecule has 28 heavy (non-hydrogen) atoms. The highest BCUT2D eigenvalue weighted by Gasteiger charge is 2.18. The quantitative estimate of drug-likeness (QED) is 0.410. The number of esters is 1. The summed E-state index contributed by atoms with van der Waals surface area (Å²) in [6.07, 6.45) is 0. The van der Waals surface area contributed by atoms with E-state index in [0.717, 1.165) is 12.1 Å². The summed E-state index contributed by atoms with van der Waals surface area (Å²) in [7, 11) is 0. The molecule has 9 nitrogen and oxygen atoms in total. The first-order chi connectivity index (χ1) is 13.3. The number of nitro benzene ring substituents is 1. The van der Waals surface area contributed by atoms with Crippen LogP contribution in [-0.2, 0) is 14.3 Å². The van der Waals surface area contributed by atoms with Crippen LogP contribution in [0.25, 0.3) is 0 Å². The van der Waals surface area contributed by atoms with E-state index in [2.05, 4.69) is 15.4 Å². The van der Waals surface area contributed by atoms with Crippen molar-refractivity contribution in [1.82, 2.24) is 5.32 Å². The van der Waals surface area contributed by atoms with Gasteiger partial charge in [0.25, 0.3) is 17.5 Å². The van der Waals surface area contributed by atoms with Crippen LogP contribution in [0.2, 0.25) is 5.02 Å². The molecule has 0 aliphatic carbocycles. The van der Waals surface area contributed by atoms with Gasteiger partial charge >= 0.3 is 5.97 Å². The van der Waals surface area contributed by atoms with Gasteiger partial charge in [-0.15, -0.1) is 0 Å². The minimum absolute atomic E-state index is 0.161. The first-order valence-corrected chi connectivity index (χ1v) is 8.08. The Hall–Kier alpha value is -3.53. The molecule has 0 spiro atoms. The normalized spacial score (nSPS) is 10.1. The van der Waals surface area contributed by atoms with E-state index in [1.54, 1.807) is 0 Å². The van der Waals surface area contributed by atoms with Crippen LogP contribution in [0.5, 0.6) is 0 Å². The molecule has 0 aliphatic heterocycles. The van der Waals surface area contributed by atoms with Crippen molar-refractivity contribution >= 4 is 40.8 Å². The van der Waals surface area contributed by atoms with Crippen molar-refractivity contribution in [2.24, 2.45) is 0 Å². The van der Waals surface area contributed by atoms with Crippen LogP contribution in [0.4, 0.5) is 15.8 Å². The minimum Gasteiger partial charge on any atom is -0.454 e. The third kappa shape index (κ3) is 5.74. The van der Waals surface area contributed by atoms with Crippen LogP contribution < -0.4 is 10.6 Å². The van der Waals surface area contributed by atoms with E-state index < -0.39 is 41.7 Å². The molecule has 2 N–H and O–H groups in total. The Morgan fingerprint density at radius 2 is 1.89 bits per heavy atom. The molecule has 2 aromatic rings. The van der Waals surface area contributed by atoms with Gasteiger partial charge in [0.05, 0.1) is 10.5 Å². The Morgan fingerprint density at radius 1 is 1.18 bits per heavy atom. The zero-order valence-electron chi connectivity index (χ0n) is 14.1. The zero-order chi connectivity index (χ0) is 20.7. The van der Waals surface area contributed by atoms with E-state index in [1.807, 2.05) is 0 Å². The number of anilines is 1. The number of hydrogen-bond donors (Lipinski definition) is 2. The van der Waals surface area contributed by atoms with Gasteiger partial charge in [0.15, 0.2) is 6.61 Å². The van der Waals surface area contributed by atoms with Gasteiger partial charge in [-0.2, -0.15) is 0 Å². The van der Waals surface area contributed by atoms with Gasteiger partial charge in [-0.25, -0.2) is 4.39 Å². The molecule has 0 aliphatic rings. The van der Waals surface area contributed by atoms with E-state index in [4.69, 9.17) is 11.6 Å². The molecule has 0 saturated heterocycles. The maximum Gasteiger partial charge on any atom is 0.325 e. The number of hydrogen-bond acceptors (Lipinski definition) is 6. The number of halogens is 2. The monoisotopic (exact) mass is 409 g/mol. The summed E-state index contributed by atoms with van der Waals surface area (Å²) < 4.78 is 18.1. The topological polar surface area (TPSA) is 128 Å². The highest BCUT2D eigenvalue weighted by molar-refractivity contribution is 6.31. The third-order valence-electron chi connectivity index (χ3n) is 3.31. The van der Waals surface area contributed by atoms with Crippen LogP contribution >= 0.6 is 11.6 Å². The molecule has 0 radical (unpaired) electrons. The molecular formula is C17H13ClFN3O6. The average molecular weight is 410 g/mol. The molecule has 146 valence electrons. The van der Waals surface area contributed by atoms with Gasteiger partial charge in [0, 0.05) is 11.1 Å². The summed E-state index contributed by atoms with van der Waals surface area (Å²) >= 11 is 5.74. The van der Waals surface area contributed by atoms with E-state index >= 15 is 0 Å². The van der Waals surface area contributed by atoms with Crippen molar-refractivity contribution in [2.75, 3.05) is 18.5 Å². The van der Waals surface area contributed by atoms with Crippen LogP contribution in [0.1, 0.15) is 10.4 Å². The van der Waals surface area contributed by atoms with Crippen molar-refractivity contribution in [3.8, 4) is 0 Å². The lowest BCUT2D eigenvalue weighted by atomic mass is 10.2. The Balaban J connectivity index is 1.84. The Morgan fingerprint density at radius 3 is 2.57 bits per heavy atom. The number of rotatable bonds is 7. The van der Waals surface area contributed by atoms with E-state index in [0.29, 0.717) is 0 Å². The molecule has 0 aromatic heterocycles. The van der Waals surface area contributed by atoms with Gasteiger partial charge in [0.1, 0.15) is 18.0 Å². The first-order valence-electron chi connectivity index (χ1n) is 7.70. The fourth-order valence-corrected chi connectivity index (χ4v) is 2.22. The fourth-order valence-electron chi connectivity index (χ4n) is 2.04. The van der Waals surface area contributed by atoms with Gasteiger partial charge in [-0.1, -0.05) is 23.7 Å². The summed E-state index contributed by atoms with van der Waals surface area (Å²) in [6.45, 7) is -1.35. The maximum atomic E-state index is 13.5. The van der Waals surface area contributed by atoms with Crippen molar-refractivity contribution in [3.63, 3.8) is 0 Å². The fraction of sp³-hybridized carbons (Fsp3) is 0.118. The van der Waals surface area contributed by atoms with Gasteiger partial charge in [0.2, 0.25) is 0 Å². The van der Waals surface area contributed by atoms with Crippen LogP contribution in [0, 0.1) is 15.9 Å². The zero-order valence-corrected chi connectivity index (χ0v) is 14.9.